The van der Waals surface area contributed by atoms with Crippen LogP contribution in [0.25, 0.3) is 11.2 Å². The molecule has 0 unspecified atom stereocenters. The van der Waals surface area contributed by atoms with Crippen LogP contribution in [0.1, 0.15) is 44.6 Å². The predicted molar refractivity (Wildman–Crippen MR) is 197 cm³/mol. The predicted octanol–water partition coefficient (Wildman–Crippen LogP) is 3.00. The lowest BCUT2D eigenvalue weighted by atomic mass is 9.97. The lowest BCUT2D eigenvalue weighted by molar-refractivity contribution is -0.129. The van der Waals surface area contributed by atoms with E-state index in [1.165, 1.54) is 39.7 Å². The van der Waals surface area contributed by atoms with Crippen molar-refractivity contribution in [2.24, 2.45) is 24.0 Å². The van der Waals surface area contributed by atoms with Crippen LogP contribution in [0.2, 0.25) is 0 Å². The van der Waals surface area contributed by atoms with Crippen LogP contribution < -0.4 is 5.32 Å². The third-order valence-electron chi connectivity index (χ3n) is 9.11. The summed E-state index contributed by atoms with van der Waals surface area (Å²) < 4.78 is 30.7. The largest absolute Gasteiger partial charge is 0.411 e. The number of aliphatic hydroxyl groups is 1. The number of nitrogens with zero attached hydrogens (tertiary/aromatic N) is 7. The molecule has 0 bridgehead atoms. The van der Waals surface area contributed by atoms with Gasteiger partial charge in [-0.15, -0.1) is 0 Å². The normalized spacial score (nSPS) is 15.7. The number of imide groups is 1. The molecular weight excluding hydrogens is 701 g/mol. The van der Waals surface area contributed by atoms with E-state index in [-0.39, 0.29) is 43.4 Å². The van der Waals surface area contributed by atoms with Gasteiger partial charge in [-0.1, -0.05) is 75.3 Å². The molecular formula is C37H46N8O7S. The minimum Gasteiger partial charge on any atom is -0.411 e. The van der Waals surface area contributed by atoms with Crippen LogP contribution >= 0.6 is 0 Å². The van der Waals surface area contributed by atoms with Gasteiger partial charge in [0.15, 0.2) is 5.65 Å². The van der Waals surface area contributed by atoms with Gasteiger partial charge in [0.2, 0.25) is 15.9 Å². The monoisotopic (exact) mass is 746 g/mol. The highest BCUT2D eigenvalue weighted by molar-refractivity contribution is 7.89. The zero-order chi connectivity index (χ0) is 38.4. The zero-order valence-corrected chi connectivity index (χ0v) is 31.2. The second kappa shape index (κ2) is 16.7. The first-order valence-corrected chi connectivity index (χ1v) is 18.8. The lowest BCUT2D eigenvalue weighted by Crippen LogP contribution is -2.57. The van der Waals surface area contributed by atoms with Crippen LogP contribution in [-0.4, -0.2) is 109 Å². The van der Waals surface area contributed by atoms with Gasteiger partial charge in [0.05, 0.1) is 29.8 Å². The molecule has 5 rings (SSSR count). The molecule has 3 N–H and O–H groups in total. The Morgan fingerprint density at radius 2 is 1.72 bits per heavy atom. The summed E-state index contributed by atoms with van der Waals surface area (Å²) in [6, 6.07) is 15.8. The topological polar surface area (TPSA) is 191 Å². The van der Waals surface area contributed by atoms with Crippen molar-refractivity contribution in [1.82, 2.24) is 34.0 Å². The van der Waals surface area contributed by atoms with Gasteiger partial charge in [-0.2, -0.15) is 4.31 Å². The van der Waals surface area contributed by atoms with E-state index in [4.69, 9.17) is 5.21 Å². The zero-order valence-electron chi connectivity index (χ0n) is 30.4. The molecule has 3 atom stereocenters. The molecule has 0 radical (unpaired) electrons. The molecule has 1 fully saturated rings. The standard InChI is InChI=1S/C37H46N8O7S/c1-24(2)20-43(53(51,52)28-15-13-27(14-16-28)19-39-50)21-31(46)30(18-26-10-7-6-8-11-26)41-36(48)34(25(3)4)45-23-33(47)44(37(45)49)22-32-40-29-12-9-17-38-35(29)42(32)5/h6-17,19,24-25,30-31,34,46,50H,18,20-23H2,1-5H3,(H,41,48)/b39-19+/t30-,31+,34-/m0/s1. The Morgan fingerprint density at radius 1 is 1.02 bits per heavy atom. The third-order valence-corrected chi connectivity index (χ3v) is 11.0. The molecule has 1 aliphatic rings. The van der Waals surface area contributed by atoms with Crippen LogP contribution in [0, 0.1) is 11.8 Å². The minimum atomic E-state index is -4.11. The Labute approximate surface area is 309 Å². The molecule has 2 aromatic carbocycles. The second-order valence-electron chi connectivity index (χ2n) is 13.9. The number of sulfonamides is 1. The molecule has 15 nitrogen and oxygen atoms in total. The van der Waals surface area contributed by atoms with Crippen molar-refractivity contribution in [1.29, 1.82) is 0 Å². The summed E-state index contributed by atoms with van der Waals surface area (Å²) in [7, 11) is -2.36. The number of urea groups is 1. The molecule has 3 heterocycles. The number of amides is 4. The second-order valence-corrected chi connectivity index (χ2v) is 15.9. The molecule has 53 heavy (non-hydrogen) atoms. The van der Waals surface area contributed by atoms with E-state index in [1.807, 2.05) is 44.2 Å². The summed E-state index contributed by atoms with van der Waals surface area (Å²) in [5.41, 5.74) is 2.50. The number of pyridine rings is 1. The van der Waals surface area contributed by atoms with Gasteiger partial charge in [0.1, 0.15) is 23.9 Å². The number of benzene rings is 2. The minimum absolute atomic E-state index is 0.0133. The first-order chi connectivity index (χ1) is 25.2. The number of aliphatic hydroxyl groups excluding tert-OH is 1. The van der Waals surface area contributed by atoms with Gasteiger partial charge in [-0.3, -0.25) is 14.5 Å². The number of hydrogen-bond donors (Lipinski definition) is 3. The summed E-state index contributed by atoms with van der Waals surface area (Å²) in [6.45, 7) is 6.55. The summed E-state index contributed by atoms with van der Waals surface area (Å²) in [4.78, 5) is 52.4. The van der Waals surface area contributed by atoms with Crippen LogP contribution in [0.5, 0.6) is 0 Å². The molecule has 4 aromatic rings. The van der Waals surface area contributed by atoms with Gasteiger partial charge in [0, 0.05) is 26.3 Å². The van der Waals surface area contributed by atoms with Crippen molar-refractivity contribution in [2.45, 2.75) is 63.7 Å². The fourth-order valence-corrected chi connectivity index (χ4v) is 8.09. The van der Waals surface area contributed by atoms with Gasteiger partial charge in [-0.05, 0) is 53.6 Å². The van der Waals surface area contributed by atoms with Crippen LogP contribution in [0.4, 0.5) is 4.79 Å². The molecule has 4 amide bonds. The number of carbonyl (C=O) groups is 3. The first-order valence-electron chi connectivity index (χ1n) is 17.4. The Balaban J connectivity index is 1.39. The van der Waals surface area contributed by atoms with E-state index in [0.29, 0.717) is 22.6 Å². The Bertz CT molecular complexity index is 2050. The van der Waals surface area contributed by atoms with Gasteiger partial charge in [-0.25, -0.2) is 23.2 Å². The number of imidazole rings is 1. The molecule has 16 heteroatoms. The van der Waals surface area contributed by atoms with Gasteiger partial charge in [0.25, 0.3) is 5.91 Å². The highest BCUT2D eigenvalue weighted by Crippen LogP contribution is 2.24. The highest BCUT2D eigenvalue weighted by atomic mass is 32.2. The molecule has 2 aromatic heterocycles. The summed E-state index contributed by atoms with van der Waals surface area (Å²) in [5.74, 6) is -1.16. The number of aromatic nitrogens is 3. The number of aryl methyl sites for hydroxylation is 1. The number of hydrogen-bond acceptors (Lipinski definition) is 10. The maximum atomic E-state index is 14.2. The SMILES string of the molecule is CC(C)CN(C[C@@H](O)[C@H](Cc1ccccc1)NC(=O)[C@H](C(C)C)N1CC(=O)N(Cc2nc3cccnc3n2C)C1=O)S(=O)(=O)c1ccc(/C=N/O)cc1. The number of fused-ring (bicyclic) bond motifs is 1. The fraction of sp³-hybridized carbons (Fsp3) is 0.405. The average molecular weight is 747 g/mol. The maximum Gasteiger partial charge on any atom is 0.328 e. The lowest BCUT2D eigenvalue weighted by Gasteiger charge is -2.34. The Kier molecular flexibility index (Phi) is 12.3. The Morgan fingerprint density at radius 3 is 2.34 bits per heavy atom. The molecule has 1 saturated heterocycles. The van der Waals surface area contributed by atoms with Crippen molar-refractivity contribution in [3.63, 3.8) is 0 Å². The molecule has 0 aliphatic carbocycles. The summed E-state index contributed by atoms with van der Waals surface area (Å²) in [5, 5.41) is 26.5. The number of nitrogens with one attached hydrogen (secondary N) is 1. The molecule has 282 valence electrons. The summed E-state index contributed by atoms with van der Waals surface area (Å²) in [6.07, 6.45) is 1.59. The average Bonchev–Trinajstić information content (AvgIpc) is 3.58. The van der Waals surface area contributed by atoms with E-state index in [1.54, 1.807) is 43.8 Å². The van der Waals surface area contributed by atoms with Crippen LogP contribution in [-0.2, 0) is 39.6 Å². The van der Waals surface area contributed by atoms with Crippen molar-refractivity contribution >= 4 is 45.2 Å². The van der Waals surface area contributed by atoms with Gasteiger partial charge >= 0.3 is 6.03 Å². The molecule has 1 aliphatic heterocycles. The number of carbonyl (C=O) groups excluding carboxylic acids is 3. The van der Waals surface area contributed by atoms with Crippen LogP contribution in [0.3, 0.4) is 0 Å². The van der Waals surface area contributed by atoms with Crippen molar-refractivity contribution < 1.29 is 33.1 Å². The molecule has 0 spiro atoms. The number of rotatable bonds is 16. The Hall–Kier alpha value is -5.19. The van der Waals surface area contributed by atoms with E-state index in [0.717, 1.165) is 10.5 Å². The number of oxime groups is 1. The van der Waals surface area contributed by atoms with E-state index in [9.17, 15) is 27.9 Å². The van der Waals surface area contributed by atoms with Crippen LogP contribution in [0.15, 0.2) is 83.0 Å². The fourth-order valence-electron chi connectivity index (χ4n) is 6.47. The van der Waals surface area contributed by atoms with Crippen molar-refractivity contribution in [3.05, 3.63) is 89.9 Å². The first kappa shape index (κ1) is 39.0. The molecule has 0 saturated carbocycles. The smallest absolute Gasteiger partial charge is 0.328 e. The highest BCUT2D eigenvalue weighted by Gasteiger charge is 2.45. The summed E-state index contributed by atoms with van der Waals surface area (Å²) >= 11 is 0. The quantitative estimate of drug-likeness (QED) is 0.0670. The third kappa shape index (κ3) is 8.89. The van der Waals surface area contributed by atoms with Gasteiger partial charge < -0.3 is 25.1 Å². The van der Waals surface area contributed by atoms with E-state index in [2.05, 4.69) is 20.4 Å². The van der Waals surface area contributed by atoms with Crippen molar-refractivity contribution in [3.8, 4) is 0 Å². The maximum absolute atomic E-state index is 14.2. The van der Waals surface area contributed by atoms with E-state index >= 15 is 0 Å². The van der Waals surface area contributed by atoms with E-state index < -0.39 is 52.0 Å². The van der Waals surface area contributed by atoms with Crippen molar-refractivity contribution in [2.75, 3.05) is 19.6 Å².